The van der Waals surface area contributed by atoms with Crippen molar-refractivity contribution in [2.75, 3.05) is 6.54 Å². The summed E-state index contributed by atoms with van der Waals surface area (Å²) in [7, 11) is 0. The monoisotopic (exact) mass is 159 g/mol. The molecule has 0 saturated carbocycles. The quantitative estimate of drug-likeness (QED) is 0.615. The van der Waals surface area contributed by atoms with Gasteiger partial charge in [-0.15, -0.1) is 0 Å². The van der Waals surface area contributed by atoms with E-state index in [1.165, 1.54) is 12.1 Å². The average Bonchev–Trinajstić information content (AvgIpc) is 1.97. The first kappa shape index (κ1) is 10.0. The third-order valence-corrected chi connectivity index (χ3v) is 0.824. The minimum Gasteiger partial charge on any atom is -0.331 e. The minimum atomic E-state index is -0.799. The van der Waals surface area contributed by atoms with Gasteiger partial charge in [-0.2, -0.15) is 0 Å². The number of hydrogen-bond donors (Lipinski definition) is 1. The zero-order chi connectivity index (χ0) is 8.69. The lowest BCUT2D eigenvalue weighted by atomic mass is 10.3. The van der Waals surface area contributed by atoms with Gasteiger partial charge in [0, 0.05) is 0 Å². The highest BCUT2D eigenvalue weighted by Crippen LogP contribution is 2.01. The van der Waals surface area contributed by atoms with E-state index in [2.05, 4.69) is 0 Å². The van der Waals surface area contributed by atoms with Crippen LogP contribution in [0.4, 0.5) is 8.78 Å². The fraction of sp³-hybridized carbons (Fsp3) is 0.250. The SMILES string of the molecule is CCN.Fc1ccccc1F. The lowest BCUT2D eigenvalue weighted by molar-refractivity contribution is 0.508. The van der Waals surface area contributed by atoms with Crippen molar-refractivity contribution in [3.05, 3.63) is 35.9 Å². The molecule has 1 aromatic rings. The summed E-state index contributed by atoms with van der Waals surface area (Å²) in [5, 5.41) is 0. The molecule has 1 rings (SSSR count). The van der Waals surface area contributed by atoms with Gasteiger partial charge in [-0.1, -0.05) is 19.1 Å². The maximum absolute atomic E-state index is 11.9. The van der Waals surface area contributed by atoms with Crippen LogP contribution in [0.3, 0.4) is 0 Å². The maximum Gasteiger partial charge on any atom is 0.158 e. The van der Waals surface area contributed by atoms with Gasteiger partial charge in [-0.3, -0.25) is 0 Å². The van der Waals surface area contributed by atoms with Crippen molar-refractivity contribution in [2.45, 2.75) is 6.92 Å². The molecule has 1 aromatic carbocycles. The fourth-order valence-corrected chi connectivity index (χ4v) is 0.439. The van der Waals surface area contributed by atoms with Crippen LogP contribution in [0, 0.1) is 11.6 Å². The zero-order valence-corrected chi connectivity index (χ0v) is 6.35. The molecule has 0 amide bonds. The summed E-state index contributed by atoms with van der Waals surface area (Å²) in [6.45, 7) is 2.65. The maximum atomic E-state index is 11.9. The molecule has 62 valence electrons. The highest BCUT2D eigenvalue weighted by molar-refractivity contribution is 5.05. The number of benzene rings is 1. The molecule has 2 N–H and O–H groups in total. The van der Waals surface area contributed by atoms with Crippen LogP contribution in [0.25, 0.3) is 0 Å². The van der Waals surface area contributed by atoms with E-state index in [0.717, 1.165) is 18.7 Å². The predicted molar refractivity (Wildman–Crippen MR) is 41.1 cm³/mol. The summed E-state index contributed by atoms with van der Waals surface area (Å²) < 4.78 is 23.9. The summed E-state index contributed by atoms with van der Waals surface area (Å²) in [6.07, 6.45) is 0. The number of nitrogens with two attached hydrogens (primary N) is 1. The van der Waals surface area contributed by atoms with Crippen molar-refractivity contribution >= 4 is 0 Å². The molecule has 0 radical (unpaired) electrons. The molecular weight excluding hydrogens is 148 g/mol. The van der Waals surface area contributed by atoms with Crippen LogP contribution < -0.4 is 5.73 Å². The first-order valence-corrected chi connectivity index (χ1v) is 3.32. The molecule has 0 atom stereocenters. The van der Waals surface area contributed by atoms with Crippen LogP contribution in [0.15, 0.2) is 24.3 Å². The predicted octanol–water partition coefficient (Wildman–Crippen LogP) is 1.93. The van der Waals surface area contributed by atoms with Crippen LogP contribution in [0.1, 0.15) is 6.92 Å². The molecule has 0 unspecified atom stereocenters. The van der Waals surface area contributed by atoms with Crippen molar-refractivity contribution in [3.63, 3.8) is 0 Å². The van der Waals surface area contributed by atoms with E-state index in [9.17, 15) is 8.78 Å². The molecule has 0 heterocycles. The van der Waals surface area contributed by atoms with E-state index in [1.54, 1.807) is 0 Å². The van der Waals surface area contributed by atoms with Gasteiger partial charge in [-0.05, 0) is 18.7 Å². The van der Waals surface area contributed by atoms with Gasteiger partial charge in [0.05, 0.1) is 0 Å². The van der Waals surface area contributed by atoms with Crippen molar-refractivity contribution in [3.8, 4) is 0 Å². The van der Waals surface area contributed by atoms with Gasteiger partial charge in [0.25, 0.3) is 0 Å². The van der Waals surface area contributed by atoms with E-state index in [4.69, 9.17) is 5.73 Å². The second kappa shape index (κ2) is 5.80. The molecule has 0 saturated heterocycles. The summed E-state index contributed by atoms with van der Waals surface area (Å²) >= 11 is 0. The summed E-state index contributed by atoms with van der Waals surface area (Å²) in [5.41, 5.74) is 4.85. The third kappa shape index (κ3) is 4.44. The fourth-order valence-electron chi connectivity index (χ4n) is 0.439. The van der Waals surface area contributed by atoms with E-state index < -0.39 is 11.6 Å². The Morgan fingerprint density at radius 1 is 1.18 bits per heavy atom. The van der Waals surface area contributed by atoms with Gasteiger partial charge < -0.3 is 5.73 Å². The van der Waals surface area contributed by atoms with Crippen LogP contribution >= 0.6 is 0 Å². The largest absolute Gasteiger partial charge is 0.331 e. The zero-order valence-electron chi connectivity index (χ0n) is 6.35. The first-order chi connectivity index (χ1) is 5.22. The highest BCUT2D eigenvalue weighted by atomic mass is 19.2. The third-order valence-electron chi connectivity index (χ3n) is 0.824. The lowest BCUT2D eigenvalue weighted by Crippen LogP contribution is -1.87. The normalized spacial score (nSPS) is 8.36. The molecule has 3 heteroatoms. The molecule has 0 aliphatic heterocycles. The van der Waals surface area contributed by atoms with E-state index in [0.29, 0.717) is 0 Å². The number of hydrogen-bond acceptors (Lipinski definition) is 1. The van der Waals surface area contributed by atoms with Gasteiger partial charge in [0.2, 0.25) is 0 Å². The molecule has 0 fully saturated rings. The Bertz CT molecular complexity index is 180. The Morgan fingerprint density at radius 2 is 1.45 bits per heavy atom. The molecule has 11 heavy (non-hydrogen) atoms. The molecule has 0 aromatic heterocycles. The molecule has 0 bridgehead atoms. The molecular formula is C8H11F2N. The van der Waals surface area contributed by atoms with Gasteiger partial charge >= 0.3 is 0 Å². The summed E-state index contributed by atoms with van der Waals surface area (Å²) in [5.74, 6) is -1.60. The summed E-state index contributed by atoms with van der Waals surface area (Å²) in [6, 6.07) is 5.04. The van der Waals surface area contributed by atoms with Crippen LogP contribution in [0.5, 0.6) is 0 Å². The summed E-state index contributed by atoms with van der Waals surface area (Å²) in [4.78, 5) is 0. The topological polar surface area (TPSA) is 26.0 Å². The average molecular weight is 159 g/mol. The van der Waals surface area contributed by atoms with Crippen LogP contribution in [-0.2, 0) is 0 Å². The van der Waals surface area contributed by atoms with Crippen molar-refractivity contribution < 1.29 is 8.78 Å². The molecule has 0 aliphatic rings. The number of halogens is 2. The van der Waals surface area contributed by atoms with Crippen LogP contribution in [0.2, 0.25) is 0 Å². The lowest BCUT2D eigenvalue weighted by Gasteiger charge is -1.85. The number of rotatable bonds is 0. The Balaban J connectivity index is 0.000000292. The Hall–Kier alpha value is -0.960. The first-order valence-electron chi connectivity index (χ1n) is 3.32. The van der Waals surface area contributed by atoms with Gasteiger partial charge in [-0.25, -0.2) is 8.78 Å². The van der Waals surface area contributed by atoms with Gasteiger partial charge in [0.1, 0.15) is 0 Å². The second-order valence-corrected chi connectivity index (χ2v) is 1.82. The Kier molecular flexibility index (Phi) is 5.29. The standard InChI is InChI=1S/C6H4F2.C2H7N/c7-5-3-1-2-4-6(5)8;1-2-3/h1-4H;2-3H2,1H3. The second-order valence-electron chi connectivity index (χ2n) is 1.82. The molecule has 0 aliphatic carbocycles. The minimum absolute atomic E-state index is 0.750. The smallest absolute Gasteiger partial charge is 0.158 e. The van der Waals surface area contributed by atoms with Crippen LogP contribution in [-0.4, -0.2) is 6.54 Å². The Morgan fingerprint density at radius 3 is 1.64 bits per heavy atom. The van der Waals surface area contributed by atoms with Crippen molar-refractivity contribution in [2.24, 2.45) is 5.73 Å². The molecule has 1 nitrogen and oxygen atoms in total. The van der Waals surface area contributed by atoms with E-state index >= 15 is 0 Å². The molecule has 0 spiro atoms. The van der Waals surface area contributed by atoms with Gasteiger partial charge in [0.15, 0.2) is 11.6 Å². The van der Waals surface area contributed by atoms with E-state index in [-0.39, 0.29) is 0 Å². The Labute approximate surface area is 64.8 Å². The highest BCUT2D eigenvalue weighted by Gasteiger charge is 1.93. The van der Waals surface area contributed by atoms with E-state index in [1.807, 2.05) is 6.92 Å². The van der Waals surface area contributed by atoms with Crippen molar-refractivity contribution in [1.82, 2.24) is 0 Å². The van der Waals surface area contributed by atoms with Crippen molar-refractivity contribution in [1.29, 1.82) is 0 Å².